The Morgan fingerprint density at radius 2 is 2.12 bits per heavy atom. The van der Waals surface area contributed by atoms with Gasteiger partial charge in [-0.05, 0) is 31.5 Å². The maximum Gasteiger partial charge on any atom is 0.286 e. The highest BCUT2D eigenvalue weighted by Crippen LogP contribution is 2.14. The lowest BCUT2D eigenvalue weighted by Crippen LogP contribution is -2.37. The van der Waals surface area contributed by atoms with E-state index in [-0.39, 0.29) is 5.91 Å². The number of carbonyl (C=O) groups is 1. The van der Waals surface area contributed by atoms with Crippen molar-refractivity contribution >= 4 is 5.91 Å². The minimum absolute atomic E-state index is 0.219. The van der Waals surface area contributed by atoms with Crippen LogP contribution in [0.2, 0.25) is 0 Å². The lowest BCUT2D eigenvalue weighted by Gasteiger charge is -2.19. The number of hydrogen-bond acceptors (Lipinski definition) is 3. The summed E-state index contributed by atoms with van der Waals surface area (Å²) in [7, 11) is 3.00. The molecule has 4 heteroatoms. The molecule has 0 heterocycles. The van der Waals surface area contributed by atoms with Crippen LogP contribution >= 0.6 is 0 Å². The summed E-state index contributed by atoms with van der Waals surface area (Å²) < 4.78 is 5.51. The molecule has 0 radical (unpaired) electrons. The number of hydrogen-bond donors (Lipinski definition) is 0. The van der Waals surface area contributed by atoms with Crippen LogP contribution in [0.4, 0.5) is 0 Å². The van der Waals surface area contributed by atoms with Crippen LogP contribution in [-0.2, 0) is 9.63 Å². The molecule has 0 aliphatic carbocycles. The molecule has 0 N–H and O–H groups in total. The zero-order chi connectivity index (χ0) is 12.1. The number of nitrogens with zero attached hydrogens (tertiary/aromatic N) is 1. The van der Waals surface area contributed by atoms with Gasteiger partial charge < -0.3 is 4.74 Å². The van der Waals surface area contributed by atoms with Crippen LogP contribution in [0.15, 0.2) is 24.3 Å². The first-order valence-electron chi connectivity index (χ1n) is 5.09. The van der Waals surface area contributed by atoms with Crippen molar-refractivity contribution in [2.75, 3.05) is 14.2 Å². The van der Waals surface area contributed by atoms with E-state index in [4.69, 9.17) is 9.57 Å². The van der Waals surface area contributed by atoms with Gasteiger partial charge in [-0.1, -0.05) is 12.1 Å². The lowest BCUT2D eigenvalue weighted by atomic mass is 10.2. The number of amides is 1. The van der Waals surface area contributed by atoms with Crippen LogP contribution < -0.4 is 4.74 Å². The number of ether oxygens (including phenoxy) is 1. The van der Waals surface area contributed by atoms with Gasteiger partial charge in [0.15, 0.2) is 6.10 Å². The molecule has 0 spiro atoms. The van der Waals surface area contributed by atoms with Crippen LogP contribution in [0.1, 0.15) is 12.5 Å². The third kappa shape index (κ3) is 3.24. The third-order valence-electron chi connectivity index (χ3n) is 2.23. The molecule has 1 rings (SSSR count). The van der Waals surface area contributed by atoms with E-state index in [1.165, 1.54) is 7.11 Å². The summed E-state index contributed by atoms with van der Waals surface area (Å²) in [4.78, 5) is 16.4. The van der Waals surface area contributed by atoms with Crippen molar-refractivity contribution in [1.82, 2.24) is 5.06 Å². The van der Waals surface area contributed by atoms with Gasteiger partial charge in [0.05, 0.1) is 7.11 Å². The molecule has 1 aromatic rings. The van der Waals surface area contributed by atoms with Crippen LogP contribution in [0.3, 0.4) is 0 Å². The predicted octanol–water partition coefficient (Wildman–Crippen LogP) is 1.78. The molecule has 16 heavy (non-hydrogen) atoms. The first-order chi connectivity index (χ1) is 7.54. The van der Waals surface area contributed by atoms with Gasteiger partial charge in [0.2, 0.25) is 0 Å². The van der Waals surface area contributed by atoms with Crippen molar-refractivity contribution in [2.45, 2.75) is 20.0 Å². The fraction of sp³-hybridized carbons (Fsp3) is 0.417. The van der Waals surface area contributed by atoms with Gasteiger partial charge >= 0.3 is 0 Å². The Balaban J connectivity index is 2.64. The minimum atomic E-state index is -0.563. The summed E-state index contributed by atoms with van der Waals surface area (Å²) in [6.07, 6.45) is -0.563. The van der Waals surface area contributed by atoms with E-state index in [0.29, 0.717) is 5.75 Å². The number of aryl methyl sites for hydroxylation is 1. The molecule has 0 fully saturated rings. The zero-order valence-electron chi connectivity index (χ0n) is 10.1. The molecular weight excluding hydrogens is 206 g/mol. The van der Waals surface area contributed by atoms with Gasteiger partial charge in [0.1, 0.15) is 5.75 Å². The van der Waals surface area contributed by atoms with E-state index >= 15 is 0 Å². The first-order valence-corrected chi connectivity index (χ1v) is 5.09. The number of likely N-dealkylation sites (N-methyl/N-ethyl adjacent to an activating group) is 1. The Hall–Kier alpha value is -1.55. The molecule has 0 aliphatic heterocycles. The van der Waals surface area contributed by atoms with Crippen LogP contribution in [0, 0.1) is 6.92 Å². The number of hydroxylamine groups is 2. The molecule has 0 bridgehead atoms. The fourth-order valence-corrected chi connectivity index (χ4v) is 1.29. The number of rotatable bonds is 4. The molecule has 0 saturated carbocycles. The van der Waals surface area contributed by atoms with Crippen LogP contribution in [0.5, 0.6) is 5.75 Å². The second kappa shape index (κ2) is 5.51. The van der Waals surface area contributed by atoms with Crippen molar-refractivity contribution < 1.29 is 14.4 Å². The highest BCUT2D eigenvalue weighted by atomic mass is 16.7. The maximum absolute atomic E-state index is 11.6. The second-order valence-corrected chi connectivity index (χ2v) is 3.59. The Labute approximate surface area is 95.7 Å². The van der Waals surface area contributed by atoms with Gasteiger partial charge in [-0.3, -0.25) is 9.63 Å². The maximum atomic E-state index is 11.6. The lowest BCUT2D eigenvalue weighted by molar-refractivity contribution is -0.175. The Bertz CT molecular complexity index is 365. The summed E-state index contributed by atoms with van der Waals surface area (Å²) >= 11 is 0. The van der Waals surface area contributed by atoms with E-state index in [1.54, 1.807) is 14.0 Å². The summed E-state index contributed by atoms with van der Waals surface area (Å²) in [5, 5.41) is 1.15. The second-order valence-electron chi connectivity index (χ2n) is 3.59. The quantitative estimate of drug-likeness (QED) is 0.730. The Morgan fingerprint density at radius 1 is 1.44 bits per heavy atom. The van der Waals surface area contributed by atoms with Gasteiger partial charge in [-0.2, -0.15) is 0 Å². The van der Waals surface area contributed by atoms with E-state index in [2.05, 4.69) is 0 Å². The normalized spacial score (nSPS) is 12.0. The van der Waals surface area contributed by atoms with Gasteiger partial charge in [0, 0.05) is 7.05 Å². The molecule has 1 aromatic carbocycles. The van der Waals surface area contributed by atoms with E-state index in [1.807, 2.05) is 31.2 Å². The highest BCUT2D eigenvalue weighted by Gasteiger charge is 2.18. The van der Waals surface area contributed by atoms with E-state index in [0.717, 1.165) is 10.6 Å². The smallest absolute Gasteiger partial charge is 0.286 e. The van der Waals surface area contributed by atoms with E-state index < -0.39 is 6.10 Å². The zero-order valence-corrected chi connectivity index (χ0v) is 10.1. The molecular formula is C12H17NO3. The van der Waals surface area contributed by atoms with Gasteiger partial charge in [-0.15, -0.1) is 0 Å². The molecule has 88 valence electrons. The first kappa shape index (κ1) is 12.5. The van der Waals surface area contributed by atoms with Gasteiger partial charge in [0.25, 0.3) is 5.91 Å². The molecule has 1 amide bonds. The summed E-state index contributed by atoms with van der Waals surface area (Å²) in [6, 6.07) is 7.57. The molecule has 4 nitrogen and oxygen atoms in total. The standard InChI is InChI=1S/C12H17NO3/c1-9-6-5-7-11(8-9)16-10(2)12(14)13(3)15-4/h5-8,10H,1-4H3. The average molecular weight is 223 g/mol. The molecule has 0 aliphatic rings. The fourth-order valence-electron chi connectivity index (χ4n) is 1.29. The monoisotopic (exact) mass is 223 g/mol. The van der Waals surface area contributed by atoms with E-state index in [9.17, 15) is 4.79 Å². The summed E-state index contributed by atoms with van der Waals surface area (Å²) in [6.45, 7) is 3.67. The van der Waals surface area contributed by atoms with Crippen molar-refractivity contribution in [2.24, 2.45) is 0 Å². The molecule has 1 unspecified atom stereocenters. The van der Waals surface area contributed by atoms with Gasteiger partial charge in [-0.25, -0.2) is 5.06 Å². The number of benzene rings is 1. The van der Waals surface area contributed by atoms with Crippen LogP contribution in [0.25, 0.3) is 0 Å². The predicted molar refractivity (Wildman–Crippen MR) is 61.0 cm³/mol. The van der Waals surface area contributed by atoms with Crippen LogP contribution in [-0.4, -0.2) is 31.2 Å². The number of carbonyl (C=O) groups excluding carboxylic acids is 1. The molecule has 0 saturated heterocycles. The Morgan fingerprint density at radius 3 is 2.69 bits per heavy atom. The molecule has 1 atom stereocenters. The topological polar surface area (TPSA) is 38.8 Å². The van der Waals surface area contributed by atoms with Crippen molar-refractivity contribution in [3.8, 4) is 5.75 Å². The largest absolute Gasteiger partial charge is 0.481 e. The van der Waals surface area contributed by atoms with Crippen molar-refractivity contribution in [3.63, 3.8) is 0 Å². The SMILES string of the molecule is CON(C)C(=O)C(C)Oc1cccc(C)c1. The van der Waals surface area contributed by atoms with Crippen molar-refractivity contribution in [3.05, 3.63) is 29.8 Å². The summed E-state index contributed by atoms with van der Waals surface area (Å²) in [5.41, 5.74) is 1.09. The molecule has 0 aromatic heterocycles. The average Bonchev–Trinajstić information content (AvgIpc) is 2.27. The summed E-state index contributed by atoms with van der Waals surface area (Å²) in [5.74, 6) is 0.467. The third-order valence-corrected chi connectivity index (χ3v) is 2.23. The minimum Gasteiger partial charge on any atom is -0.481 e. The van der Waals surface area contributed by atoms with Crippen molar-refractivity contribution in [1.29, 1.82) is 0 Å². The Kier molecular flexibility index (Phi) is 4.31. The highest BCUT2D eigenvalue weighted by molar-refractivity contribution is 5.79.